The summed E-state index contributed by atoms with van der Waals surface area (Å²) in [6.45, 7) is 7.17. The Bertz CT molecular complexity index is 2150. The van der Waals surface area contributed by atoms with Crippen molar-refractivity contribution >= 4 is 40.8 Å². The van der Waals surface area contributed by atoms with Crippen LogP contribution in [0.3, 0.4) is 0 Å². The van der Waals surface area contributed by atoms with Gasteiger partial charge in [0.05, 0.1) is 0 Å². The number of aromatic nitrogens is 2. The van der Waals surface area contributed by atoms with Gasteiger partial charge in [-0.1, -0.05) is 0 Å². The van der Waals surface area contributed by atoms with Crippen LogP contribution in [0.5, 0.6) is 0 Å². The number of benzene rings is 4. The van der Waals surface area contributed by atoms with Gasteiger partial charge >= 0.3 is 264 Å². The van der Waals surface area contributed by atoms with Crippen LogP contribution in [0.15, 0.2) is 121 Å². The van der Waals surface area contributed by atoms with Crippen LogP contribution in [0, 0.1) is 0 Å². The standard InChI is InChI=1S/2C19H14N.2CH3.H2Si.Zr/c2*1-13-9-14-6-4-7-17(18(14)10-13)16-11-15-5-2-3-8-19(15)20-12-16;;;;/h2*2-12H,1H3;2*1H3;1H2;. The van der Waals surface area contributed by atoms with Crippen LogP contribution in [0.25, 0.3) is 56.2 Å². The maximum atomic E-state index is 4.81. The molecule has 2 nitrogen and oxygen atoms in total. The molecule has 2 atom stereocenters. The molecule has 2 aliphatic carbocycles. The first-order valence-electron chi connectivity index (χ1n) is 15.6. The van der Waals surface area contributed by atoms with Crippen molar-refractivity contribution in [3.8, 4) is 22.3 Å². The van der Waals surface area contributed by atoms with Gasteiger partial charge in [0.25, 0.3) is 0 Å². The maximum absolute atomic E-state index is 4.81. The molecule has 0 radical (unpaired) electrons. The van der Waals surface area contributed by atoms with Gasteiger partial charge in [0.2, 0.25) is 0 Å². The molecule has 0 aliphatic heterocycles. The van der Waals surface area contributed by atoms with Gasteiger partial charge in [0, 0.05) is 0 Å². The molecule has 0 bridgehead atoms. The van der Waals surface area contributed by atoms with E-state index in [4.69, 9.17) is 9.97 Å². The molecular formula is C40H36N2SiZr. The normalized spacial score (nSPS) is 17.8. The molecule has 214 valence electrons. The number of hydrogen-bond acceptors (Lipinski definition) is 2. The molecule has 2 aromatic heterocycles. The van der Waals surface area contributed by atoms with Gasteiger partial charge in [0.15, 0.2) is 0 Å². The van der Waals surface area contributed by atoms with E-state index in [1.165, 1.54) is 66.4 Å². The first-order chi connectivity index (χ1) is 21.2. The fraction of sp³-hybridized carbons (Fsp3) is 0.150. The van der Waals surface area contributed by atoms with Crippen LogP contribution in [0.1, 0.15) is 43.4 Å². The van der Waals surface area contributed by atoms with Crippen molar-refractivity contribution in [2.75, 3.05) is 0 Å². The number of nitrogens with zero attached hydrogens (tertiary/aromatic N) is 2. The Morgan fingerprint density at radius 1 is 0.568 bits per heavy atom. The number of allylic oxidation sites excluding steroid dienone is 2. The Kier molecular flexibility index (Phi) is 6.25. The minimum absolute atomic E-state index is 0.475. The number of rotatable bonds is 4. The number of fused-ring (bicyclic) bond motifs is 4. The van der Waals surface area contributed by atoms with Gasteiger partial charge in [-0.3, -0.25) is 0 Å². The Hall–Kier alpha value is -3.72. The Balaban J connectivity index is 1.24. The predicted octanol–water partition coefficient (Wildman–Crippen LogP) is 10.1. The Morgan fingerprint density at radius 2 is 1.00 bits per heavy atom. The summed E-state index contributed by atoms with van der Waals surface area (Å²) in [5, 5.41) is 2.37. The van der Waals surface area contributed by atoms with Crippen LogP contribution in [0.2, 0.25) is 9.26 Å². The quantitative estimate of drug-likeness (QED) is 0.176. The van der Waals surface area contributed by atoms with E-state index in [0.29, 0.717) is 7.25 Å². The van der Waals surface area contributed by atoms with Crippen LogP contribution >= 0.6 is 0 Å². The van der Waals surface area contributed by atoms with Gasteiger partial charge < -0.3 is 0 Å². The number of para-hydroxylation sites is 2. The monoisotopic (exact) mass is 662 g/mol. The topological polar surface area (TPSA) is 25.8 Å². The van der Waals surface area contributed by atoms with Gasteiger partial charge in [-0.05, 0) is 0 Å². The van der Waals surface area contributed by atoms with E-state index in [-0.39, 0.29) is 0 Å². The summed E-state index contributed by atoms with van der Waals surface area (Å²) in [6, 6.07) is 35.3. The van der Waals surface area contributed by atoms with E-state index >= 15 is 0 Å². The molecule has 4 aromatic carbocycles. The summed E-state index contributed by atoms with van der Waals surface area (Å²) >= 11 is -3.63. The van der Waals surface area contributed by atoms with Crippen molar-refractivity contribution in [2.45, 2.75) is 30.4 Å². The van der Waals surface area contributed by atoms with Crippen molar-refractivity contribution < 1.29 is 17.4 Å². The van der Waals surface area contributed by atoms with Crippen molar-refractivity contribution in [1.29, 1.82) is 0 Å². The summed E-state index contributed by atoms with van der Waals surface area (Å²) in [7, 11) is 0. The van der Waals surface area contributed by atoms with Crippen LogP contribution in [-0.2, 0) is 17.4 Å². The summed E-state index contributed by atoms with van der Waals surface area (Å²) in [5.41, 5.74) is 15.9. The van der Waals surface area contributed by atoms with E-state index < -0.39 is 17.4 Å². The number of pyridine rings is 2. The van der Waals surface area contributed by atoms with Crippen molar-refractivity contribution in [1.82, 2.24) is 9.97 Å². The second-order valence-corrected chi connectivity index (χ2v) is 44.5. The van der Waals surface area contributed by atoms with Crippen molar-refractivity contribution in [3.05, 3.63) is 143 Å². The molecule has 44 heavy (non-hydrogen) atoms. The number of hydrogen-bond donors (Lipinski definition) is 0. The van der Waals surface area contributed by atoms with E-state index in [1.807, 2.05) is 0 Å². The molecule has 8 rings (SSSR count). The molecule has 2 heterocycles. The molecular weight excluding hydrogens is 628 g/mol. The van der Waals surface area contributed by atoms with Crippen LogP contribution in [0.4, 0.5) is 0 Å². The van der Waals surface area contributed by atoms with E-state index in [1.54, 1.807) is 0 Å². The Morgan fingerprint density at radius 3 is 1.45 bits per heavy atom. The van der Waals surface area contributed by atoms with E-state index in [9.17, 15) is 0 Å². The summed E-state index contributed by atoms with van der Waals surface area (Å²) in [5.74, 6) is 0. The Labute approximate surface area is 262 Å². The van der Waals surface area contributed by atoms with E-state index in [2.05, 4.69) is 152 Å². The van der Waals surface area contributed by atoms with Crippen molar-refractivity contribution in [3.63, 3.8) is 0 Å². The average molecular weight is 664 g/mol. The first-order valence-corrected chi connectivity index (χ1v) is 29.3. The first kappa shape index (κ1) is 27.8. The van der Waals surface area contributed by atoms with Crippen molar-refractivity contribution in [2.24, 2.45) is 0 Å². The average Bonchev–Trinajstić information content (AvgIpc) is 3.57. The minimum atomic E-state index is -3.63. The molecule has 0 saturated heterocycles. The molecule has 0 fully saturated rings. The molecule has 0 N–H and O–H groups in total. The zero-order valence-electron chi connectivity index (χ0n) is 25.8. The second-order valence-electron chi connectivity index (χ2n) is 14.0. The second kappa shape index (κ2) is 9.89. The van der Waals surface area contributed by atoms with Gasteiger partial charge in [-0.2, -0.15) is 0 Å². The summed E-state index contributed by atoms with van der Waals surface area (Å²) in [4.78, 5) is 9.63. The molecule has 2 unspecified atom stereocenters. The third-order valence-corrected chi connectivity index (χ3v) is 28.2. The van der Waals surface area contributed by atoms with Crippen LogP contribution in [-0.4, -0.2) is 16.8 Å². The third kappa shape index (κ3) is 4.22. The SMILES string of the molecule is CC1=Cc2c(-c3cnc4ccccc4c3)cccc2[CH]1[Zr]([CH3])([CH3])(=[SiH2])[CH]1C(C)=Cc2c(-c3cnc4ccccc4c3)cccc21. The molecule has 0 saturated carbocycles. The van der Waals surface area contributed by atoms with Gasteiger partial charge in [0.1, 0.15) is 0 Å². The predicted molar refractivity (Wildman–Crippen MR) is 187 cm³/mol. The third-order valence-electron chi connectivity index (χ3n) is 10.3. The van der Waals surface area contributed by atoms with Gasteiger partial charge in [-0.25, -0.2) is 0 Å². The molecule has 0 amide bonds. The molecule has 4 heteroatoms. The zero-order chi connectivity index (χ0) is 30.2. The summed E-state index contributed by atoms with van der Waals surface area (Å²) in [6.07, 6.45) is 9.08. The fourth-order valence-electron chi connectivity index (χ4n) is 8.73. The summed E-state index contributed by atoms with van der Waals surface area (Å²) < 4.78 is 6.37. The van der Waals surface area contributed by atoms with E-state index in [0.717, 1.165) is 11.0 Å². The molecule has 2 aliphatic rings. The molecule has 0 spiro atoms. The van der Waals surface area contributed by atoms with Crippen LogP contribution < -0.4 is 0 Å². The fourth-order valence-corrected chi connectivity index (χ4v) is 30.0. The van der Waals surface area contributed by atoms with Gasteiger partial charge in [-0.15, -0.1) is 0 Å². The molecule has 6 aromatic rings. The zero-order valence-corrected chi connectivity index (χ0v) is 29.7.